The summed E-state index contributed by atoms with van der Waals surface area (Å²) in [4.78, 5) is 29.2. The Balaban J connectivity index is 1.41. The average molecular weight is 368 g/mol. The SMILES string of the molecule is O=C(OCc1cc(=O)n2ccsc2n1)c1ccc(C2CCCCC2)cc1. The van der Waals surface area contributed by atoms with E-state index in [4.69, 9.17) is 4.74 Å². The van der Waals surface area contributed by atoms with Gasteiger partial charge >= 0.3 is 5.97 Å². The molecule has 0 radical (unpaired) electrons. The van der Waals surface area contributed by atoms with Crippen LogP contribution in [0.2, 0.25) is 0 Å². The summed E-state index contributed by atoms with van der Waals surface area (Å²) in [6.45, 7) is -0.00709. The minimum atomic E-state index is -0.395. The lowest BCUT2D eigenvalue weighted by molar-refractivity contribution is 0.0467. The first-order valence-electron chi connectivity index (χ1n) is 8.93. The molecule has 0 aliphatic heterocycles. The Hall–Kier alpha value is -2.47. The van der Waals surface area contributed by atoms with Crippen molar-refractivity contribution in [3.63, 3.8) is 0 Å². The van der Waals surface area contributed by atoms with E-state index < -0.39 is 5.97 Å². The van der Waals surface area contributed by atoms with Crippen molar-refractivity contribution in [2.75, 3.05) is 0 Å². The van der Waals surface area contributed by atoms with Crippen LogP contribution >= 0.6 is 11.3 Å². The number of nitrogens with zero attached hydrogens (tertiary/aromatic N) is 2. The number of benzene rings is 1. The molecule has 6 heteroatoms. The van der Waals surface area contributed by atoms with Gasteiger partial charge in [-0.1, -0.05) is 31.4 Å². The second-order valence-electron chi connectivity index (χ2n) is 6.67. The summed E-state index contributed by atoms with van der Waals surface area (Å²) >= 11 is 1.37. The van der Waals surface area contributed by atoms with Crippen LogP contribution in [-0.2, 0) is 11.3 Å². The fraction of sp³-hybridized carbons (Fsp3) is 0.350. The number of ether oxygens (including phenoxy) is 1. The van der Waals surface area contributed by atoms with Crippen LogP contribution in [0, 0.1) is 0 Å². The third kappa shape index (κ3) is 3.55. The molecule has 0 N–H and O–H groups in total. The van der Waals surface area contributed by atoms with Gasteiger partial charge in [-0.25, -0.2) is 9.78 Å². The van der Waals surface area contributed by atoms with Gasteiger partial charge in [-0.3, -0.25) is 9.20 Å². The third-order valence-electron chi connectivity index (χ3n) is 4.93. The van der Waals surface area contributed by atoms with Crippen molar-refractivity contribution in [3.05, 3.63) is 69.1 Å². The van der Waals surface area contributed by atoms with Gasteiger partial charge in [0.05, 0.1) is 11.3 Å². The highest BCUT2D eigenvalue weighted by Crippen LogP contribution is 2.32. The summed E-state index contributed by atoms with van der Waals surface area (Å²) in [5, 5.41) is 1.80. The Kier molecular flexibility index (Phi) is 4.84. The normalized spacial score (nSPS) is 15.2. The van der Waals surface area contributed by atoms with E-state index in [-0.39, 0.29) is 12.2 Å². The van der Waals surface area contributed by atoms with Gasteiger partial charge in [0, 0.05) is 17.6 Å². The summed E-state index contributed by atoms with van der Waals surface area (Å²) in [5.74, 6) is 0.219. The van der Waals surface area contributed by atoms with E-state index in [0.29, 0.717) is 22.1 Å². The van der Waals surface area contributed by atoms with Crippen LogP contribution in [0.15, 0.2) is 46.7 Å². The predicted octanol–water partition coefficient (Wildman–Crippen LogP) is 4.16. The predicted molar refractivity (Wildman–Crippen MR) is 101 cm³/mol. The fourth-order valence-electron chi connectivity index (χ4n) is 3.51. The lowest BCUT2D eigenvalue weighted by Crippen LogP contribution is -2.14. The molecule has 2 aromatic heterocycles. The number of hydrogen-bond donors (Lipinski definition) is 0. The van der Waals surface area contributed by atoms with Crippen LogP contribution in [0.4, 0.5) is 0 Å². The number of esters is 1. The van der Waals surface area contributed by atoms with Gasteiger partial charge in [0.1, 0.15) is 6.61 Å². The van der Waals surface area contributed by atoms with Gasteiger partial charge < -0.3 is 4.74 Å². The summed E-state index contributed by atoms with van der Waals surface area (Å²) in [6.07, 6.45) is 8.05. The number of aromatic nitrogens is 2. The number of rotatable bonds is 4. The Morgan fingerprint density at radius 2 is 1.96 bits per heavy atom. The lowest BCUT2D eigenvalue weighted by atomic mass is 9.84. The summed E-state index contributed by atoms with van der Waals surface area (Å²) in [7, 11) is 0. The first-order chi connectivity index (χ1) is 12.7. The van der Waals surface area contributed by atoms with Crippen molar-refractivity contribution in [3.8, 4) is 0 Å². The van der Waals surface area contributed by atoms with E-state index in [1.165, 1.54) is 59.5 Å². The average Bonchev–Trinajstić information content (AvgIpc) is 3.16. The monoisotopic (exact) mass is 368 g/mol. The molecular formula is C20H20N2O3S. The van der Waals surface area contributed by atoms with E-state index in [1.807, 2.05) is 24.3 Å². The largest absolute Gasteiger partial charge is 0.456 e. The van der Waals surface area contributed by atoms with E-state index in [0.717, 1.165) is 0 Å². The Bertz CT molecular complexity index is 969. The zero-order valence-corrected chi connectivity index (χ0v) is 15.2. The van der Waals surface area contributed by atoms with Gasteiger partial charge in [-0.2, -0.15) is 0 Å². The number of carbonyl (C=O) groups excluding carboxylic acids is 1. The van der Waals surface area contributed by atoms with Crippen molar-refractivity contribution in [2.24, 2.45) is 0 Å². The third-order valence-corrected chi connectivity index (χ3v) is 5.69. The van der Waals surface area contributed by atoms with Gasteiger partial charge in [0.15, 0.2) is 4.96 Å². The Labute approximate surface area is 155 Å². The van der Waals surface area contributed by atoms with Crippen molar-refractivity contribution in [1.29, 1.82) is 0 Å². The van der Waals surface area contributed by atoms with Gasteiger partial charge in [0.2, 0.25) is 0 Å². The molecule has 134 valence electrons. The first-order valence-corrected chi connectivity index (χ1v) is 9.81. The van der Waals surface area contributed by atoms with Crippen molar-refractivity contribution in [2.45, 2.75) is 44.6 Å². The van der Waals surface area contributed by atoms with Crippen LogP contribution in [-0.4, -0.2) is 15.4 Å². The van der Waals surface area contributed by atoms with Gasteiger partial charge in [-0.05, 0) is 36.5 Å². The van der Waals surface area contributed by atoms with Crippen LogP contribution < -0.4 is 5.56 Å². The Morgan fingerprint density at radius 1 is 1.19 bits per heavy atom. The molecule has 1 aliphatic carbocycles. The maximum absolute atomic E-state index is 12.3. The Morgan fingerprint density at radius 3 is 2.73 bits per heavy atom. The molecule has 1 aliphatic rings. The number of thiazole rings is 1. The molecule has 1 aromatic carbocycles. The van der Waals surface area contributed by atoms with Gasteiger partial charge in [-0.15, -0.1) is 11.3 Å². The van der Waals surface area contributed by atoms with E-state index in [2.05, 4.69) is 4.98 Å². The van der Waals surface area contributed by atoms with Crippen LogP contribution in [0.25, 0.3) is 4.96 Å². The number of carbonyl (C=O) groups is 1. The zero-order chi connectivity index (χ0) is 17.9. The molecule has 1 saturated carbocycles. The van der Waals surface area contributed by atoms with Gasteiger partial charge in [0.25, 0.3) is 5.56 Å². The standard InChI is InChI=1S/C20H20N2O3S/c23-18-12-17(21-20-22(18)10-11-26-20)13-25-19(24)16-8-6-15(7-9-16)14-4-2-1-3-5-14/h6-12,14H,1-5,13H2. The molecule has 0 amide bonds. The van der Waals surface area contributed by atoms with Crippen molar-refractivity contribution >= 4 is 22.3 Å². The maximum Gasteiger partial charge on any atom is 0.338 e. The van der Waals surface area contributed by atoms with Crippen LogP contribution in [0.3, 0.4) is 0 Å². The number of fused-ring (bicyclic) bond motifs is 1. The van der Waals surface area contributed by atoms with E-state index >= 15 is 0 Å². The second-order valence-corrected chi connectivity index (χ2v) is 7.55. The fourth-order valence-corrected chi connectivity index (χ4v) is 4.25. The highest BCUT2D eigenvalue weighted by Gasteiger charge is 2.16. The minimum absolute atomic E-state index is 0.00709. The van der Waals surface area contributed by atoms with Crippen LogP contribution in [0.5, 0.6) is 0 Å². The van der Waals surface area contributed by atoms with E-state index in [1.54, 1.807) is 11.6 Å². The van der Waals surface area contributed by atoms with E-state index in [9.17, 15) is 9.59 Å². The quantitative estimate of drug-likeness (QED) is 0.649. The van der Waals surface area contributed by atoms with Crippen molar-refractivity contribution < 1.29 is 9.53 Å². The molecule has 1 fully saturated rings. The molecule has 0 atom stereocenters. The number of hydrogen-bond acceptors (Lipinski definition) is 5. The molecule has 3 aromatic rings. The minimum Gasteiger partial charge on any atom is -0.456 e. The molecule has 0 unspecified atom stereocenters. The highest BCUT2D eigenvalue weighted by molar-refractivity contribution is 7.15. The summed E-state index contributed by atoms with van der Waals surface area (Å²) in [5.41, 5.74) is 2.13. The molecule has 0 spiro atoms. The summed E-state index contributed by atoms with van der Waals surface area (Å²) < 4.78 is 6.81. The molecule has 0 bridgehead atoms. The second kappa shape index (κ2) is 7.41. The summed E-state index contributed by atoms with van der Waals surface area (Å²) in [6, 6.07) is 9.14. The highest BCUT2D eigenvalue weighted by atomic mass is 32.1. The molecule has 26 heavy (non-hydrogen) atoms. The smallest absolute Gasteiger partial charge is 0.338 e. The molecule has 4 rings (SSSR count). The zero-order valence-electron chi connectivity index (χ0n) is 14.4. The molecular weight excluding hydrogens is 348 g/mol. The first kappa shape index (κ1) is 17.0. The molecule has 5 nitrogen and oxygen atoms in total. The van der Waals surface area contributed by atoms with Crippen LogP contribution in [0.1, 0.15) is 59.6 Å². The van der Waals surface area contributed by atoms with Crippen molar-refractivity contribution in [1.82, 2.24) is 9.38 Å². The maximum atomic E-state index is 12.3. The lowest BCUT2D eigenvalue weighted by Gasteiger charge is -2.21. The molecule has 0 saturated heterocycles. The molecule has 2 heterocycles. The topological polar surface area (TPSA) is 60.7 Å².